The number of hydrogen-bond donors (Lipinski definition) is 2. The molecule has 1 saturated heterocycles. The van der Waals surface area contributed by atoms with Crippen molar-refractivity contribution in [2.45, 2.75) is 31.4 Å². The summed E-state index contributed by atoms with van der Waals surface area (Å²) < 4.78 is 0. The zero-order chi connectivity index (χ0) is 15.6. The normalized spacial score (nSPS) is 23.9. The number of aliphatic hydroxyl groups excluding tert-OH is 1. The van der Waals surface area contributed by atoms with Gasteiger partial charge in [-0.3, -0.25) is 0 Å². The fraction of sp³-hybridized carbons (Fsp3) is 0.368. The Hall–Kier alpha value is -2.22. The molecule has 2 heterocycles. The molecule has 0 aromatic heterocycles. The van der Waals surface area contributed by atoms with Crippen molar-refractivity contribution in [2.24, 2.45) is 0 Å². The van der Waals surface area contributed by atoms with E-state index in [4.69, 9.17) is 4.84 Å². The molecule has 1 fully saturated rings. The van der Waals surface area contributed by atoms with Crippen LogP contribution in [-0.4, -0.2) is 30.3 Å². The maximum atomic E-state index is 9.68. The predicted octanol–water partition coefficient (Wildman–Crippen LogP) is 2.23. The number of rotatable bonds is 2. The molecule has 1 aliphatic carbocycles. The molecule has 1 aromatic carbocycles. The van der Waals surface area contributed by atoms with Gasteiger partial charge in [-0.25, -0.2) is 0 Å². The first-order chi connectivity index (χ1) is 11.3. The second kappa shape index (κ2) is 6.11. The van der Waals surface area contributed by atoms with E-state index < -0.39 is 0 Å². The molecule has 1 atom stereocenters. The van der Waals surface area contributed by atoms with E-state index in [2.05, 4.69) is 46.5 Å². The van der Waals surface area contributed by atoms with Crippen molar-refractivity contribution < 1.29 is 9.94 Å². The van der Waals surface area contributed by atoms with Gasteiger partial charge in [0, 0.05) is 36.3 Å². The first kappa shape index (κ1) is 14.4. The van der Waals surface area contributed by atoms with E-state index in [1.54, 1.807) is 0 Å². The lowest BCUT2D eigenvalue weighted by molar-refractivity contribution is 0.145. The molecule has 23 heavy (non-hydrogen) atoms. The first-order valence-electron chi connectivity index (χ1n) is 8.16. The van der Waals surface area contributed by atoms with Crippen molar-refractivity contribution in [3.63, 3.8) is 0 Å². The molecule has 0 bridgehead atoms. The highest BCUT2D eigenvalue weighted by molar-refractivity contribution is 5.71. The van der Waals surface area contributed by atoms with Crippen LogP contribution in [0, 0.1) is 11.8 Å². The van der Waals surface area contributed by atoms with Crippen LogP contribution >= 0.6 is 0 Å². The average molecular weight is 308 g/mol. The van der Waals surface area contributed by atoms with Crippen LogP contribution in [-0.2, 0) is 4.84 Å². The van der Waals surface area contributed by atoms with Gasteiger partial charge in [-0.15, -0.1) is 5.48 Å². The molecule has 1 aromatic rings. The number of piperidine rings is 1. The molecule has 0 radical (unpaired) electrons. The monoisotopic (exact) mass is 308 g/mol. The molecule has 118 valence electrons. The quantitative estimate of drug-likeness (QED) is 0.823. The summed E-state index contributed by atoms with van der Waals surface area (Å²) in [5, 5.41) is 9.68. The van der Waals surface area contributed by atoms with Gasteiger partial charge in [0.1, 0.15) is 0 Å². The average Bonchev–Trinajstić information content (AvgIpc) is 2.84. The van der Waals surface area contributed by atoms with Gasteiger partial charge in [0.2, 0.25) is 0 Å². The molecule has 3 aliphatic rings. The molecule has 0 saturated carbocycles. The highest BCUT2D eigenvalue weighted by Crippen LogP contribution is 2.32. The van der Waals surface area contributed by atoms with Gasteiger partial charge in [0.05, 0.1) is 12.1 Å². The lowest BCUT2D eigenvalue weighted by atomic mass is 10.0. The number of hydroxylamine groups is 1. The van der Waals surface area contributed by atoms with Crippen molar-refractivity contribution in [1.29, 1.82) is 0 Å². The number of benzene rings is 1. The van der Waals surface area contributed by atoms with E-state index >= 15 is 0 Å². The largest absolute Gasteiger partial charge is 0.407 e. The highest BCUT2D eigenvalue weighted by atomic mass is 16.7. The maximum absolute atomic E-state index is 9.68. The number of nitrogens with one attached hydrogen (secondary N) is 1. The van der Waals surface area contributed by atoms with Gasteiger partial charge in [0.25, 0.3) is 0 Å². The van der Waals surface area contributed by atoms with Gasteiger partial charge >= 0.3 is 0 Å². The number of hydrogen-bond acceptors (Lipinski definition) is 4. The fourth-order valence-electron chi connectivity index (χ4n) is 3.30. The Bertz CT molecular complexity index is 718. The second-order valence-corrected chi connectivity index (χ2v) is 6.18. The topological polar surface area (TPSA) is 44.7 Å². The fourth-order valence-corrected chi connectivity index (χ4v) is 3.30. The minimum Gasteiger partial charge on any atom is -0.407 e. The molecule has 0 amide bonds. The summed E-state index contributed by atoms with van der Waals surface area (Å²) in [5.41, 5.74) is 6.48. The van der Waals surface area contributed by atoms with E-state index in [1.807, 2.05) is 12.2 Å². The lowest BCUT2D eigenvalue weighted by Gasteiger charge is -2.31. The molecule has 2 N–H and O–H groups in total. The third-order valence-electron chi connectivity index (χ3n) is 4.63. The Morgan fingerprint density at radius 2 is 2.13 bits per heavy atom. The van der Waals surface area contributed by atoms with E-state index in [9.17, 15) is 5.11 Å². The van der Waals surface area contributed by atoms with Crippen LogP contribution in [0.5, 0.6) is 0 Å². The smallest absolute Gasteiger partial charge is 0.159 e. The number of nitrogens with zero attached hydrogens (tertiary/aromatic N) is 1. The van der Waals surface area contributed by atoms with Crippen LogP contribution in [0.2, 0.25) is 0 Å². The molecule has 1 unspecified atom stereocenters. The Morgan fingerprint density at radius 1 is 1.26 bits per heavy atom. The second-order valence-electron chi connectivity index (χ2n) is 6.18. The number of fused-ring (bicyclic) bond motifs is 1. The number of anilines is 1. The molecular weight excluding hydrogens is 288 g/mol. The van der Waals surface area contributed by atoms with Crippen LogP contribution in [0.25, 0.3) is 5.76 Å². The SMILES string of the molecule is OC1CCN(c2cccc(C3=C4C=CC#CCC4NO3)c2)CC1. The number of aliphatic hydroxyl groups is 1. The van der Waals surface area contributed by atoms with Crippen LogP contribution < -0.4 is 10.4 Å². The predicted molar refractivity (Wildman–Crippen MR) is 90.4 cm³/mol. The minimum absolute atomic E-state index is 0.144. The summed E-state index contributed by atoms with van der Waals surface area (Å²) in [6, 6.07) is 8.58. The van der Waals surface area contributed by atoms with E-state index in [-0.39, 0.29) is 12.1 Å². The third-order valence-corrected chi connectivity index (χ3v) is 4.63. The van der Waals surface area contributed by atoms with Gasteiger partial charge in [-0.1, -0.05) is 24.0 Å². The lowest BCUT2D eigenvalue weighted by Crippen LogP contribution is -2.35. The van der Waals surface area contributed by atoms with Crippen LogP contribution in [0.3, 0.4) is 0 Å². The van der Waals surface area contributed by atoms with Gasteiger partial charge in [-0.05, 0) is 37.1 Å². The van der Waals surface area contributed by atoms with Crippen molar-refractivity contribution in [3.8, 4) is 11.8 Å². The summed E-state index contributed by atoms with van der Waals surface area (Å²) in [6.45, 7) is 1.79. The summed E-state index contributed by atoms with van der Waals surface area (Å²) in [4.78, 5) is 8.08. The Labute approximate surface area is 136 Å². The van der Waals surface area contributed by atoms with Crippen LogP contribution in [0.4, 0.5) is 5.69 Å². The minimum atomic E-state index is -0.154. The van der Waals surface area contributed by atoms with Gasteiger partial charge in [0.15, 0.2) is 5.76 Å². The summed E-state index contributed by atoms with van der Waals surface area (Å²) in [5.74, 6) is 7.02. The van der Waals surface area contributed by atoms with Crippen molar-refractivity contribution in [1.82, 2.24) is 5.48 Å². The first-order valence-corrected chi connectivity index (χ1v) is 8.16. The van der Waals surface area contributed by atoms with E-state index in [0.29, 0.717) is 0 Å². The molecule has 0 spiro atoms. The molecular formula is C19H20N2O2. The van der Waals surface area contributed by atoms with Crippen molar-refractivity contribution in [2.75, 3.05) is 18.0 Å². The van der Waals surface area contributed by atoms with Gasteiger partial charge in [-0.2, -0.15) is 0 Å². The maximum Gasteiger partial charge on any atom is 0.159 e. The van der Waals surface area contributed by atoms with Crippen molar-refractivity contribution in [3.05, 3.63) is 47.6 Å². The molecule has 4 rings (SSSR count). The Morgan fingerprint density at radius 3 is 3.00 bits per heavy atom. The standard InChI is InChI=1S/C19H20N2O2/c22-16-9-11-21(12-10-16)15-6-4-5-14(13-15)19-17-7-2-1-3-8-18(17)20-23-19/h2,4-7,13,16,18,20,22H,8-12H2. The Kier molecular flexibility index (Phi) is 3.82. The van der Waals surface area contributed by atoms with Gasteiger partial charge < -0.3 is 14.8 Å². The Balaban J connectivity index is 1.63. The molecule has 4 heteroatoms. The summed E-state index contributed by atoms with van der Waals surface area (Å²) >= 11 is 0. The zero-order valence-corrected chi connectivity index (χ0v) is 13.0. The summed E-state index contributed by atoms with van der Waals surface area (Å²) in [6.07, 6.45) is 6.20. The van der Waals surface area contributed by atoms with E-state index in [1.165, 1.54) is 5.69 Å². The molecule has 4 nitrogen and oxygen atoms in total. The van der Waals surface area contributed by atoms with Crippen molar-refractivity contribution >= 4 is 11.4 Å². The zero-order valence-electron chi connectivity index (χ0n) is 13.0. The van der Waals surface area contributed by atoms with Crippen LogP contribution in [0.15, 0.2) is 42.0 Å². The summed E-state index contributed by atoms with van der Waals surface area (Å²) in [7, 11) is 0. The molecule has 2 aliphatic heterocycles. The number of allylic oxidation sites excluding steroid dienone is 1. The van der Waals surface area contributed by atoms with Crippen LogP contribution in [0.1, 0.15) is 24.8 Å². The highest BCUT2D eigenvalue weighted by Gasteiger charge is 2.27. The van der Waals surface area contributed by atoms with E-state index in [0.717, 1.165) is 49.2 Å². The third kappa shape index (κ3) is 2.86.